The summed E-state index contributed by atoms with van der Waals surface area (Å²) in [5.41, 5.74) is 1.64. The van der Waals surface area contributed by atoms with Crippen molar-refractivity contribution < 1.29 is 15.0 Å². The van der Waals surface area contributed by atoms with E-state index in [0.717, 1.165) is 5.56 Å². The molecule has 1 rings (SSSR count). The lowest BCUT2D eigenvalue weighted by Crippen LogP contribution is -2.03. The molecule has 88 valence electrons. The highest BCUT2D eigenvalue weighted by Crippen LogP contribution is 2.32. The van der Waals surface area contributed by atoms with Gasteiger partial charge >= 0.3 is 5.97 Å². The minimum atomic E-state index is -1.08. The zero-order valence-corrected chi connectivity index (χ0v) is 10.1. The first-order valence-electron chi connectivity index (χ1n) is 5.44. The molecule has 0 aliphatic rings. The largest absolute Gasteiger partial charge is 0.507 e. The van der Waals surface area contributed by atoms with Crippen LogP contribution in [-0.4, -0.2) is 16.2 Å². The number of hydrogen-bond acceptors (Lipinski definition) is 2. The lowest BCUT2D eigenvalue weighted by Gasteiger charge is -2.15. The van der Waals surface area contributed by atoms with Crippen LogP contribution in [0.15, 0.2) is 12.1 Å². The molecule has 0 bridgehead atoms. The molecule has 1 aromatic rings. The van der Waals surface area contributed by atoms with Crippen LogP contribution in [0.2, 0.25) is 0 Å². The van der Waals surface area contributed by atoms with Gasteiger partial charge in [0.05, 0.1) is 0 Å². The molecule has 3 heteroatoms. The maximum Gasteiger partial charge on any atom is 0.339 e. The third-order valence-corrected chi connectivity index (χ3v) is 2.68. The molecule has 0 saturated heterocycles. The van der Waals surface area contributed by atoms with E-state index in [1.807, 2.05) is 33.8 Å². The maximum absolute atomic E-state index is 11.0. The topological polar surface area (TPSA) is 57.5 Å². The average Bonchev–Trinajstić information content (AvgIpc) is 2.16. The second kappa shape index (κ2) is 4.56. The molecule has 0 aliphatic heterocycles. The van der Waals surface area contributed by atoms with E-state index in [1.165, 1.54) is 0 Å². The van der Waals surface area contributed by atoms with Gasteiger partial charge in [-0.25, -0.2) is 4.79 Å². The molecular formula is C13H18O3. The molecule has 0 spiro atoms. The van der Waals surface area contributed by atoms with E-state index in [2.05, 4.69) is 0 Å². The molecule has 1 aromatic carbocycles. The van der Waals surface area contributed by atoms with Crippen molar-refractivity contribution in [2.45, 2.75) is 39.5 Å². The molecule has 0 heterocycles. The Balaban J connectivity index is 3.45. The smallest absolute Gasteiger partial charge is 0.339 e. The van der Waals surface area contributed by atoms with Crippen molar-refractivity contribution in [3.05, 3.63) is 28.8 Å². The summed E-state index contributed by atoms with van der Waals surface area (Å²) in [6.07, 6.45) is 0. The van der Waals surface area contributed by atoms with E-state index in [-0.39, 0.29) is 23.1 Å². The number of carboxylic acids is 1. The summed E-state index contributed by atoms with van der Waals surface area (Å²) >= 11 is 0. The Morgan fingerprint density at radius 2 is 1.69 bits per heavy atom. The van der Waals surface area contributed by atoms with Crippen molar-refractivity contribution in [3.63, 3.8) is 0 Å². The average molecular weight is 222 g/mol. The maximum atomic E-state index is 11.0. The van der Waals surface area contributed by atoms with Gasteiger partial charge in [-0.15, -0.1) is 0 Å². The Morgan fingerprint density at radius 1 is 1.12 bits per heavy atom. The number of aromatic hydroxyl groups is 1. The van der Waals surface area contributed by atoms with E-state index < -0.39 is 5.97 Å². The number of phenols is 1. The highest BCUT2D eigenvalue weighted by Gasteiger charge is 2.18. The first-order chi connectivity index (χ1) is 7.34. The quantitative estimate of drug-likeness (QED) is 0.824. The van der Waals surface area contributed by atoms with Gasteiger partial charge in [-0.3, -0.25) is 0 Å². The number of aromatic carboxylic acids is 1. The molecular weight excluding hydrogens is 204 g/mol. The molecule has 0 amide bonds. The Morgan fingerprint density at radius 3 is 2.06 bits per heavy atom. The summed E-state index contributed by atoms with van der Waals surface area (Å²) in [6.45, 7) is 7.87. The molecule has 0 atom stereocenters. The molecule has 0 aromatic heterocycles. The van der Waals surface area contributed by atoms with Crippen molar-refractivity contribution in [3.8, 4) is 5.75 Å². The first-order valence-corrected chi connectivity index (χ1v) is 5.44. The summed E-state index contributed by atoms with van der Waals surface area (Å²) in [5, 5.41) is 18.9. The normalized spacial score (nSPS) is 11.1. The van der Waals surface area contributed by atoms with Gasteiger partial charge in [-0.2, -0.15) is 0 Å². The van der Waals surface area contributed by atoms with Crippen molar-refractivity contribution in [2.75, 3.05) is 0 Å². The molecule has 0 aliphatic carbocycles. The minimum absolute atomic E-state index is 0.00472. The summed E-state index contributed by atoms with van der Waals surface area (Å²) in [4.78, 5) is 11.0. The van der Waals surface area contributed by atoms with E-state index >= 15 is 0 Å². The van der Waals surface area contributed by atoms with E-state index in [0.29, 0.717) is 5.56 Å². The Labute approximate surface area is 95.7 Å². The fourth-order valence-electron chi connectivity index (χ4n) is 1.62. The SMILES string of the molecule is CC(C)c1cc(C(=O)O)c(O)c(C(C)C)c1. The predicted octanol–water partition coefficient (Wildman–Crippen LogP) is 3.34. The molecule has 0 fully saturated rings. The van der Waals surface area contributed by atoms with E-state index in [1.54, 1.807) is 6.07 Å². The van der Waals surface area contributed by atoms with Crippen molar-refractivity contribution in [1.82, 2.24) is 0 Å². The summed E-state index contributed by atoms with van der Waals surface area (Å²) in [6, 6.07) is 3.44. The highest BCUT2D eigenvalue weighted by molar-refractivity contribution is 5.91. The second-order valence-corrected chi connectivity index (χ2v) is 4.62. The Hall–Kier alpha value is -1.51. The third kappa shape index (κ3) is 2.35. The van der Waals surface area contributed by atoms with Crippen molar-refractivity contribution in [1.29, 1.82) is 0 Å². The number of benzene rings is 1. The van der Waals surface area contributed by atoms with Crippen LogP contribution in [0.25, 0.3) is 0 Å². The van der Waals surface area contributed by atoms with E-state index in [9.17, 15) is 9.90 Å². The Kier molecular flexibility index (Phi) is 3.58. The standard InChI is InChI=1S/C13H18O3/c1-7(2)9-5-10(8(3)4)12(14)11(6-9)13(15)16/h5-8,14H,1-4H3,(H,15,16). The number of hydrogen-bond donors (Lipinski definition) is 2. The monoisotopic (exact) mass is 222 g/mol. The fraction of sp³-hybridized carbons (Fsp3) is 0.462. The number of rotatable bonds is 3. The first kappa shape index (κ1) is 12.6. The fourth-order valence-corrected chi connectivity index (χ4v) is 1.62. The van der Waals surface area contributed by atoms with E-state index in [4.69, 9.17) is 5.11 Å². The van der Waals surface area contributed by atoms with Gasteiger partial charge in [-0.1, -0.05) is 33.8 Å². The van der Waals surface area contributed by atoms with Crippen LogP contribution < -0.4 is 0 Å². The highest BCUT2D eigenvalue weighted by atomic mass is 16.4. The van der Waals surface area contributed by atoms with Crippen LogP contribution in [0.5, 0.6) is 5.75 Å². The number of carboxylic acid groups (broad SMARTS) is 1. The summed E-state index contributed by atoms with van der Waals surface area (Å²) < 4.78 is 0. The molecule has 0 radical (unpaired) electrons. The Bertz CT molecular complexity index is 406. The molecule has 0 unspecified atom stereocenters. The van der Waals surface area contributed by atoms with Crippen LogP contribution in [0, 0.1) is 0 Å². The predicted molar refractivity (Wildman–Crippen MR) is 63.2 cm³/mol. The molecule has 2 N–H and O–H groups in total. The zero-order chi connectivity index (χ0) is 12.5. The minimum Gasteiger partial charge on any atom is -0.507 e. The van der Waals surface area contributed by atoms with Crippen molar-refractivity contribution >= 4 is 5.97 Å². The zero-order valence-electron chi connectivity index (χ0n) is 10.1. The van der Waals surface area contributed by atoms with Crippen LogP contribution in [0.4, 0.5) is 0 Å². The van der Waals surface area contributed by atoms with Crippen LogP contribution in [0.1, 0.15) is 61.0 Å². The lowest BCUT2D eigenvalue weighted by atomic mass is 9.92. The van der Waals surface area contributed by atoms with Gasteiger partial charge < -0.3 is 10.2 Å². The van der Waals surface area contributed by atoms with Crippen LogP contribution in [0.3, 0.4) is 0 Å². The number of carbonyl (C=O) groups is 1. The van der Waals surface area contributed by atoms with Gasteiger partial charge in [0.1, 0.15) is 11.3 Å². The van der Waals surface area contributed by atoms with Gasteiger partial charge in [0.25, 0.3) is 0 Å². The van der Waals surface area contributed by atoms with Crippen LogP contribution in [-0.2, 0) is 0 Å². The van der Waals surface area contributed by atoms with Gasteiger partial charge in [0, 0.05) is 0 Å². The van der Waals surface area contributed by atoms with Gasteiger partial charge in [-0.05, 0) is 29.0 Å². The molecule has 0 saturated carbocycles. The molecule has 3 nitrogen and oxygen atoms in total. The summed E-state index contributed by atoms with van der Waals surface area (Å²) in [7, 11) is 0. The van der Waals surface area contributed by atoms with Gasteiger partial charge in [0.2, 0.25) is 0 Å². The van der Waals surface area contributed by atoms with Crippen LogP contribution >= 0.6 is 0 Å². The van der Waals surface area contributed by atoms with Crippen molar-refractivity contribution in [2.24, 2.45) is 0 Å². The van der Waals surface area contributed by atoms with Gasteiger partial charge in [0.15, 0.2) is 0 Å². The lowest BCUT2D eigenvalue weighted by molar-refractivity contribution is 0.0693. The summed E-state index contributed by atoms with van der Waals surface area (Å²) in [5.74, 6) is -0.832. The molecule has 16 heavy (non-hydrogen) atoms. The second-order valence-electron chi connectivity index (χ2n) is 4.62. The third-order valence-electron chi connectivity index (χ3n) is 2.68.